The molecule has 0 aliphatic rings. The number of hydrogen-bond donors (Lipinski definition) is 0. The quantitative estimate of drug-likeness (QED) is 0.152. The summed E-state index contributed by atoms with van der Waals surface area (Å²) in [6.07, 6.45) is 0. The van der Waals surface area contributed by atoms with Gasteiger partial charge < -0.3 is 9.47 Å². The first-order valence-electron chi connectivity index (χ1n) is 19.6. The van der Waals surface area contributed by atoms with E-state index in [9.17, 15) is 0 Å². The van der Waals surface area contributed by atoms with Gasteiger partial charge in [-0.3, -0.25) is 0 Å². The van der Waals surface area contributed by atoms with Gasteiger partial charge in [-0.05, 0) is 93.5 Å². The molecule has 10 rings (SSSR count). The Labute approximate surface area is 329 Å². The Morgan fingerprint density at radius 2 is 0.893 bits per heavy atom. The van der Waals surface area contributed by atoms with Crippen LogP contribution in [0.5, 0.6) is 0 Å². The fourth-order valence-electron chi connectivity index (χ4n) is 8.12. The summed E-state index contributed by atoms with van der Waals surface area (Å²) in [5.41, 5.74) is 16.0. The molecule has 10 aromatic rings. The number of nitrogens with zero attached hydrogens (tertiary/aromatic N) is 2. The summed E-state index contributed by atoms with van der Waals surface area (Å²) in [4.78, 5) is 2.39. The van der Waals surface area contributed by atoms with E-state index in [1.807, 2.05) is 24.3 Å². The number of para-hydroxylation sites is 3. The van der Waals surface area contributed by atoms with Crippen LogP contribution in [0, 0.1) is 0 Å². The van der Waals surface area contributed by atoms with Gasteiger partial charge in [-0.25, -0.2) is 0 Å². The molecule has 0 atom stereocenters. The zero-order valence-electron chi connectivity index (χ0n) is 31.8. The van der Waals surface area contributed by atoms with E-state index in [2.05, 4.69) is 210 Å². The van der Waals surface area contributed by atoms with Crippen molar-refractivity contribution >= 4 is 38.9 Å². The number of anilines is 3. The number of aromatic nitrogens is 1. The minimum Gasteiger partial charge on any atom is -0.310 e. The van der Waals surface area contributed by atoms with Crippen LogP contribution in [-0.4, -0.2) is 4.57 Å². The Morgan fingerprint density at radius 1 is 0.357 bits per heavy atom. The van der Waals surface area contributed by atoms with Crippen molar-refractivity contribution in [1.82, 2.24) is 4.57 Å². The molecule has 0 unspecified atom stereocenters. The van der Waals surface area contributed by atoms with Crippen LogP contribution >= 0.6 is 0 Å². The molecule has 0 amide bonds. The highest BCUT2D eigenvalue weighted by Crippen LogP contribution is 2.44. The zero-order chi connectivity index (χ0) is 38.1. The first kappa shape index (κ1) is 32.0. The van der Waals surface area contributed by atoms with Gasteiger partial charge in [0.25, 0.3) is 0 Å². The van der Waals surface area contributed by atoms with Crippen LogP contribution in [0.2, 0.25) is 0 Å². The zero-order valence-corrected chi connectivity index (χ0v) is 30.8. The summed E-state index contributed by atoms with van der Waals surface area (Å²) >= 11 is 0. The lowest BCUT2D eigenvalue weighted by molar-refractivity contribution is 1.18. The number of benzene rings is 9. The standard InChI is InChI=1S/C54H38N2/c1-4-16-39(17-5-1)40-30-32-41(33-31-40)42-34-36-46(37-35-42)55(51-27-12-10-24-48(51)43-18-6-2-7-19-43)47-23-14-20-44(38-47)49-26-15-29-53-54(49)50-25-11-13-28-52(50)56(53)45-21-8-3-9-22-45/h1-38H/i1D. The average Bonchev–Trinajstić information content (AvgIpc) is 3.63. The van der Waals surface area contributed by atoms with Gasteiger partial charge >= 0.3 is 0 Å². The average molecular weight is 716 g/mol. The fraction of sp³-hybridized carbons (Fsp3) is 0. The second-order valence-corrected chi connectivity index (χ2v) is 14.1. The van der Waals surface area contributed by atoms with E-state index in [0.29, 0.717) is 6.04 Å². The van der Waals surface area contributed by atoms with Gasteiger partial charge in [-0.2, -0.15) is 0 Å². The summed E-state index contributed by atoms with van der Waals surface area (Å²) in [6, 6.07) is 80.2. The molecule has 0 saturated heterocycles. The first-order chi connectivity index (χ1) is 28.2. The molecule has 0 radical (unpaired) electrons. The van der Waals surface area contributed by atoms with Gasteiger partial charge in [0.05, 0.1) is 18.1 Å². The summed E-state index contributed by atoms with van der Waals surface area (Å²) in [5, 5.41) is 2.48. The van der Waals surface area contributed by atoms with Crippen LogP contribution < -0.4 is 4.90 Å². The normalized spacial score (nSPS) is 11.5. The Balaban J connectivity index is 1.10. The molecule has 9 aromatic carbocycles. The van der Waals surface area contributed by atoms with Gasteiger partial charge in [-0.1, -0.05) is 176 Å². The molecule has 0 bridgehead atoms. The summed E-state index contributed by atoms with van der Waals surface area (Å²) in [5.74, 6) is 0. The lowest BCUT2D eigenvalue weighted by atomic mass is 9.97. The van der Waals surface area contributed by atoms with Crippen molar-refractivity contribution in [2.75, 3.05) is 4.90 Å². The van der Waals surface area contributed by atoms with Crippen LogP contribution in [-0.2, 0) is 0 Å². The molecule has 0 aliphatic heterocycles. The lowest BCUT2D eigenvalue weighted by Gasteiger charge is -2.28. The molecule has 0 spiro atoms. The molecule has 1 heterocycles. The van der Waals surface area contributed by atoms with Crippen molar-refractivity contribution in [1.29, 1.82) is 0 Å². The fourth-order valence-corrected chi connectivity index (χ4v) is 8.12. The number of rotatable bonds is 8. The minimum atomic E-state index is 0.521. The topological polar surface area (TPSA) is 8.17 Å². The highest BCUT2D eigenvalue weighted by Gasteiger charge is 2.20. The van der Waals surface area contributed by atoms with E-state index in [1.165, 1.54) is 32.9 Å². The minimum absolute atomic E-state index is 0.521. The number of fused-ring (bicyclic) bond motifs is 3. The molecule has 0 aliphatic carbocycles. The second-order valence-electron chi connectivity index (χ2n) is 14.1. The van der Waals surface area contributed by atoms with Crippen LogP contribution in [0.15, 0.2) is 230 Å². The van der Waals surface area contributed by atoms with Crippen LogP contribution in [0.25, 0.3) is 72.0 Å². The first-order valence-corrected chi connectivity index (χ1v) is 19.1. The van der Waals surface area contributed by atoms with E-state index in [1.54, 1.807) is 0 Å². The third-order valence-electron chi connectivity index (χ3n) is 10.8. The van der Waals surface area contributed by atoms with Crippen molar-refractivity contribution in [3.8, 4) is 50.2 Å². The molecular weight excluding hydrogens is 677 g/mol. The van der Waals surface area contributed by atoms with Crippen molar-refractivity contribution in [2.45, 2.75) is 0 Å². The summed E-state index contributed by atoms with van der Waals surface area (Å²) < 4.78 is 10.2. The largest absolute Gasteiger partial charge is 0.310 e. The molecular formula is C54H38N2. The summed E-state index contributed by atoms with van der Waals surface area (Å²) in [6.45, 7) is 0. The van der Waals surface area contributed by atoms with E-state index in [0.717, 1.165) is 56.1 Å². The van der Waals surface area contributed by atoms with E-state index < -0.39 is 0 Å². The predicted octanol–water partition coefficient (Wildman–Crippen LogP) is 14.9. The Morgan fingerprint density at radius 3 is 1.64 bits per heavy atom. The monoisotopic (exact) mass is 715 g/mol. The predicted molar refractivity (Wildman–Crippen MR) is 237 cm³/mol. The summed E-state index contributed by atoms with van der Waals surface area (Å²) in [7, 11) is 0. The van der Waals surface area contributed by atoms with E-state index >= 15 is 0 Å². The molecule has 1 aromatic heterocycles. The van der Waals surface area contributed by atoms with Gasteiger partial charge in [0.1, 0.15) is 0 Å². The van der Waals surface area contributed by atoms with Crippen molar-refractivity contribution in [3.05, 3.63) is 230 Å². The van der Waals surface area contributed by atoms with Gasteiger partial charge in [0.2, 0.25) is 0 Å². The van der Waals surface area contributed by atoms with Crippen molar-refractivity contribution in [3.63, 3.8) is 0 Å². The molecule has 0 fully saturated rings. The Bertz CT molecular complexity index is 2980. The lowest BCUT2D eigenvalue weighted by Crippen LogP contribution is -2.11. The van der Waals surface area contributed by atoms with Gasteiger partial charge in [0.15, 0.2) is 0 Å². The molecule has 56 heavy (non-hydrogen) atoms. The molecule has 2 heteroatoms. The van der Waals surface area contributed by atoms with Crippen molar-refractivity contribution in [2.24, 2.45) is 0 Å². The maximum absolute atomic E-state index is 7.84. The second kappa shape index (κ2) is 14.4. The number of hydrogen-bond acceptors (Lipinski definition) is 1. The van der Waals surface area contributed by atoms with E-state index in [-0.39, 0.29) is 0 Å². The Kier molecular flexibility index (Phi) is 8.26. The van der Waals surface area contributed by atoms with E-state index in [4.69, 9.17) is 1.37 Å². The third kappa shape index (κ3) is 6.04. The highest BCUT2D eigenvalue weighted by atomic mass is 15.1. The third-order valence-corrected chi connectivity index (χ3v) is 10.8. The van der Waals surface area contributed by atoms with Gasteiger partial charge in [0, 0.05) is 33.4 Å². The smallest absolute Gasteiger partial charge is 0.0623 e. The maximum atomic E-state index is 7.84. The molecule has 0 N–H and O–H groups in total. The Hall–Kier alpha value is -7.42. The van der Waals surface area contributed by atoms with Crippen molar-refractivity contribution < 1.29 is 1.37 Å². The van der Waals surface area contributed by atoms with Crippen LogP contribution in [0.1, 0.15) is 1.37 Å². The maximum Gasteiger partial charge on any atom is 0.0623 e. The van der Waals surface area contributed by atoms with Crippen LogP contribution in [0.3, 0.4) is 0 Å². The molecule has 2 nitrogen and oxygen atoms in total. The molecule has 264 valence electrons. The van der Waals surface area contributed by atoms with Crippen LogP contribution in [0.4, 0.5) is 17.1 Å². The highest BCUT2D eigenvalue weighted by molar-refractivity contribution is 6.16. The van der Waals surface area contributed by atoms with Gasteiger partial charge in [-0.15, -0.1) is 0 Å². The SMILES string of the molecule is [2H]c1ccc(-c2ccc(-c3ccc(N(c4cccc(-c5cccc6c5c5ccccc5n6-c5ccccc5)c4)c4ccccc4-c4ccccc4)cc3)cc2)cc1. The molecule has 0 saturated carbocycles.